The first kappa shape index (κ1) is 26.2. The number of halogens is 2. The Morgan fingerprint density at radius 3 is 1.72 bits per heavy atom. The molecule has 1 atom stereocenters. The summed E-state index contributed by atoms with van der Waals surface area (Å²) in [6, 6.07) is 12.0. The van der Waals surface area contributed by atoms with Crippen LogP contribution in [0.3, 0.4) is 0 Å². The van der Waals surface area contributed by atoms with Gasteiger partial charge in [-0.2, -0.15) is 0 Å². The highest BCUT2D eigenvalue weighted by Gasteiger charge is 2.63. The van der Waals surface area contributed by atoms with E-state index in [1.54, 1.807) is 0 Å². The first-order valence-electron chi connectivity index (χ1n) is 9.07. The lowest BCUT2D eigenvalue weighted by Gasteiger charge is -2.46. The topological polar surface area (TPSA) is 26.3 Å². The van der Waals surface area contributed by atoms with E-state index in [0.717, 1.165) is 0 Å². The number of ether oxygens (including phenoxy) is 1. The summed E-state index contributed by atoms with van der Waals surface area (Å²) in [5.74, 6) is 5.65. The van der Waals surface area contributed by atoms with Crippen molar-refractivity contribution >= 4 is 29.0 Å². The molecule has 0 saturated heterocycles. The molecule has 1 aliphatic heterocycles. The van der Waals surface area contributed by atoms with Crippen molar-refractivity contribution in [1.82, 2.24) is 0 Å². The molecule has 1 aromatic carbocycles. The summed E-state index contributed by atoms with van der Waals surface area (Å²) < 4.78 is 3.84. The third-order valence-electron chi connectivity index (χ3n) is 3.26. The maximum absolute atomic E-state index is 11.2. The Balaban J connectivity index is 0. The van der Waals surface area contributed by atoms with Crippen LogP contribution in [-0.4, -0.2) is 23.3 Å². The van der Waals surface area contributed by atoms with Gasteiger partial charge in [0, 0.05) is 13.0 Å². The third kappa shape index (κ3) is 7.82. The molecule has 4 heteroatoms. The summed E-state index contributed by atoms with van der Waals surface area (Å²) in [6.07, 6.45) is 0.995. The van der Waals surface area contributed by atoms with Gasteiger partial charge >= 0.3 is 0 Å². The number of carbonyl (C=O) groups excluding carboxylic acids is 1. The average molecular weight is 387 g/mol. The molecule has 1 saturated carbocycles. The highest BCUT2D eigenvalue weighted by Crippen LogP contribution is 2.56. The van der Waals surface area contributed by atoms with E-state index in [1.165, 1.54) is 0 Å². The van der Waals surface area contributed by atoms with Crippen molar-refractivity contribution in [3.8, 4) is 11.8 Å². The molecular weight excluding hydrogens is 355 g/mol. The Hall–Kier alpha value is -1.01. The van der Waals surface area contributed by atoms with Gasteiger partial charge in [-0.1, -0.05) is 113 Å². The lowest BCUT2D eigenvalue weighted by molar-refractivity contribution is -0.131. The van der Waals surface area contributed by atoms with Crippen molar-refractivity contribution in [3.63, 3.8) is 0 Å². The molecule has 2 aliphatic rings. The Morgan fingerprint density at radius 1 is 0.920 bits per heavy atom. The fourth-order valence-electron chi connectivity index (χ4n) is 2.05. The number of carbonyl (C=O) groups is 1. The molecule has 1 unspecified atom stereocenters. The van der Waals surface area contributed by atoms with Gasteiger partial charge in [0.1, 0.15) is 6.61 Å². The second-order valence-corrected chi connectivity index (χ2v) is 5.84. The maximum Gasteiger partial charge on any atom is 0.192 e. The molecule has 0 bridgehead atoms. The number of benzene rings is 1. The predicted molar refractivity (Wildman–Crippen MR) is 110 cm³/mol. The Morgan fingerprint density at radius 2 is 1.36 bits per heavy atom. The summed E-state index contributed by atoms with van der Waals surface area (Å²) >= 11 is 11.8. The van der Waals surface area contributed by atoms with E-state index < -0.39 is 9.75 Å². The van der Waals surface area contributed by atoms with Crippen LogP contribution >= 0.6 is 23.2 Å². The molecule has 142 valence electrons. The zero-order valence-corrected chi connectivity index (χ0v) is 17.9. The van der Waals surface area contributed by atoms with Crippen molar-refractivity contribution < 1.29 is 9.53 Å². The molecule has 0 N–H and O–H groups in total. The van der Waals surface area contributed by atoms with Gasteiger partial charge in [-0.3, -0.25) is 4.79 Å². The Kier molecular flexibility index (Phi) is 16.0. The summed E-state index contributed by atoms with van der Waals surface area (Å²) in [5.41, 5.74) is -0.552. The zero-order valence-electron chi connectivity index (χ0n) is 16.4. The molecule has 1 heterocycles. The first-order chi connectivity index (χ1) is 12.1. The number of alkyl halides is 2. The van der Waals surface area contributed by atoms with Gasteiger partial charge in [0.25, 0.3) is 0 Å². The quantitative estimate of drug-likeness (QED) is 0.385. The standard InChI is InChI=1S/C9H8Cl2O2.C6H6.3C2H6/c10-9(11)7(12)6-8(9)2-1-4-13-5-3-8;1-2-4-6-5-3-1;3*1-2/h3-6H2;1-6H;3*1-2H3. The maximum atomic E-state index is 11.2. The molecule has 1 aromatic rings. The van der Waals surface area contributed by atoms with Gasteiger partial charge in [-0.05, 0) is 6.42 Å². The second kappa shape index (κ2) is 15.3. The normalized spacial score (nSPS) is 21.4. The monoisotopic (exact) mass is 386 g/mol. The minimum absolute atomic E-state index is 0.132. The lowest BCUT2D eigenvalue weighted by atomic mass is 9.65. The summed E-state index contributed by atoms with van der Waals surface area (Å²) in [4.78, 5) is 11.2. The Labute approximate surface area is 164 Å². The first-order valence-corrected chi connectivity index (χ1v) is 9.83. The van der Waals surface area contributed by atoms with Gasteiger partial charge in [0.15, 0.2) is 10.1 Å². The predicted octanol–water partition coefficient (Wildman–Crippen LogP) is 6.31. The van der Waals surface area contributed by atoms with Crippen molar-refractivity contribution in [2.75, 3.05) is 13.2 Å². The molecule has 0 radical (unpaired) electrons. The SMILES string of the molecule is CC.CC.CC.O=C1CC2(C#CCOCC2)C1(Cl)Cl.c1ccccc1. The fraction of sp³-hybridized carbons (Fsp3) is 0.571. The average Bonchev–Trinajstić information content (AvgIpc) is 2.96. The Bertz CT molecular complexity index is 477. The van der Waals surface area contributed by atoms with Gasteiger partial charge < -0.3 is 4.74 Å². The molecule has 0 amide bonds. The lowest BCUT2D eigenvalue weighted by Crippen LogP contribution is -2.57. The minimum Gasteiger partial charge on any atom is -0.369 e. The van der Waals surface area contributed by atoms with E-state index in [1.807, 2.05) is 77.9 Å². The fourth-order valence-corrected chi connectivity index (χ4v) is 2.60. The largest absolute Gasteiger partial charge is 0.369 e. The number of Topliss-reactive ketones (excluding diaryl/α,β-unsaturated/α-hetero) is 1. The van der Waals surface area contributed by atoms with Gasteiger partial charge in [-0.15, -0.1) is 0 Å². The molecule has 1 fully saturated rings. The van der Waals surface area contributed by atoms with E-state index in [2.05, 4.69) is 11.8 Å². The minimum atomic E-state index is -1.31. The van der Waals surface area contributed by atoms with Crippen LogP contribution in [0.2, 0.25) is 0 Å². The molecule has 1 aliphatic carbocycles. The van der Waals surface area contributed by atoms with Gasteiger partial charge in [0.05, 0.1) is 5.41 Å². The zero-order chi connectivity index (χ0) is 19.8. The van der Waals surface area contributed by atoms with Crippen LogP contribution in [0.5, 0.6) is 0 Å². The summed E-state index contributed by atoms with van der Waals surface area (Å²) in [7, 11) is 0. The van der Waals surface area contributed by atoms with Gasteiger partial charge in [-0.25, -0.2) is 0 Å². The molecule has 25 heavy (non-hydrogen) atoms. The molecule has 0 aromatic heterocycles. The summed E-state index contributed by atoms with van der Waals surface area (Å²) in [5, 5.41) is 0. The van der Waals surface area contributed by atoms with E-state index in [9.17, 15) is 4.79 Å². The molecule has 3 rings (SSSR count). The van der Waals surface area contributed by atoms with E-state index in [-0.39, 0.29) is 5.78 Å². The molecular formula is C21H32Cl2O2. The second-order valence-electron chi connectivity index (χ2n) is 4.52. The third-order valence-corrected chi connectivity index (χ3v) is 4.40. The molecule has 1 spiro atoms. The number of hydrogen-bond donors (Lipinski definition) is 0. The highest BCUT2D eigenvalue weighted by atomic mass is 35.5. The number of hydrogen-bond acceptors (Lipinski definition) is 2. The molecule has 2 nitrogen and oxygen atoms in total. The highest BCUT2D eigenvalue weighted by molar-refractivity contribution is 6.61. The van der Waals surface area contributed by atoms with Crippen LogP contribution in [0.15, 0.2) is 36.4 Å². The van der Waals surface area contributed by atoms with Crippen LogP contribution in [0, 0.1) is 17.3 Å². The van der Waals surface area contributed by atoms with Crippen molar-refractivity contribution in [3.05, 3.63) is 36.4 Å². The summed E-state index contributed by atoms with van der Waals surface area (Å²) in [6.45, 7) is 13.0. The number of ketones is 1. The van der Waals surface area contributed by atoms with Crippen molar-refractivity contribution in [2.45, 2.75) is 58.7 Å². The van der Waals surface area contributed by atoms with Crippen LogP contribution < -0.4 is 0 Å². The smallest absolute Gasteiger partial charge is 0.192 e. The van der Waals surface area contributed by atoms with Crippen LogP contribution in [-0.2, 0) is 9.53 Å². The van der Waals surface area contributed by atoms with E-state index in [0.29, 0.717) is 26.1 Å². The van der Waals surface area contributed by atoms with E-state index in [4.69, 9.17) is 27.9 Å². The van der Waals surface area contributed by atoms with Crippen LogP contribution in [0.4, 0.5) is 0 Å². The van der Waals surface area contributed by atoms with Crippen molar-refractivity contribution in [2.24, 2.45) is 5.41 Å². The number of rotatable bonds is 0. The van der Waals surface area contributed by atoms with Crippen LogP contribution in [0.1, 0.15) is 54.4 Å². The van der Waals surface area contributed by atoms with E-state index >= 15 is 0 Å². The van der Waals surface area contributed by atoms with Crippen LogP contribution in [0.25, 0.3) is 0 Å². The van der Waals surface area contributed by atoms with Crippen molar-refractivity contribution in [1.29, 1.82) is 0 Å². The van der Waals surface area contributed by atoms with Gasteiger partial charge in [0.2, 0.25) is 0 Å².